The van der Waals surface area contributed by atoms with Gasteiger partial charge in [-0.15, -0.1) is 0 Å². The van der Waals surface area contributed by atoms with Gasteiger partial charge in [0.1, 0.15) is 12.4 Å². The highest BCUT2D eigenvalue weighted by Gasteiger charge is 2.24. The average Bonchev–Trinajstić information content (AvgIpc) is 2.88. The maximum absolute atomic E-state index is 14.1. The number of ether oxygens (including phenoxy) is 1. The molecule has 0 amide bonds. The molecule has 0 atom stereocenters. The van der Waals surface area contributed by atoms with Crippen LogP contribution in [-0.4, -0.2) is 52.6 Å². The van der Waals surface area contributed by atoms with Gasteiger partial charge < -0.3 is 14.7 Å². The van der Waals surface area contributed by atoms with Crippen molar-refractivity contribution in [2.75, 3.05) is 31.6 Å². The van der Waals surface area contributed by atoms with Gasteiger partial charge in [-0.1, -0.05) is 30.3 Å². The van der Waals surface area contributed by atoms with Crippen LogP contribution in [0, 0.1) is 19.7 Å². The minimum Gasteiger partial charge on any atom is -0.478 e. The van der Waals surface area contributed by atoms with Crippen molar-refractivity contribution in [3.63, 3.8) is 0 Å². The van der Waals surface area contributed by atoms with Crippen LogP contribution in [0.3, 0.4) is 0 Å². The number of rotatable bonds is 9. The molecule has 0 radical (unpaired) electrons. The number of pyridine rings is 2. The van der Waals surface area contributed by atoms with Crippen molar-refractivity contribution in [2.45, 2.75) is 39.2 Å². The van der Waals surface area contributed by atoms with Crippen LogP contribution in [0.15, 0.2) is 54.7 Å². The maximum atomic E-state index is 14.1. The first-order chi connectivity index (χ1) is 18.1. The van der Waals surface area contributed by atoms with Gasteiger partial charge >= 0.3 is 5.97 Å². The van der Waals surface area contributed by atoms with Crippen molar-refractivity contribution in [3.8, 4) is 5.88 Å². The van der Waals surface area contributed by atoms with Gasteiger partial charge in [-0.25, -0.2) is 14.2 Å². The lowest BCUT2D eigenvalue weighted by molar-refractivity contribution is 0.0695. The second-order valence-corrected chi connectivity index (χ2v) is 10.1. The standard InChI is InChI=1S/C29H32ClFN4O3/c1-18(34(4)27-15-24(29(36)37)19(2)32-20(27)3)16-35-12-10-21(11-13-35)26-6-5-7-28(33-26)38-17-22-8-9-23(30)14-25(22)31/h5-9,14-15,21H,1,10-13,16-17H2,2-4H3,(H,36,37). The fraction of sp³-hybridized carbons (Fsp3) is 0.345. The van der Waals surface area contributed by atoms with E-state index in [1.807, 2.05) is 31.0 Å². The third kappa shape index (κ3) is 6.49. The Morgan fingerprint density at radius 1 is 1.18 bits per heavy atom. The molecule has 38 heavy (non-hydrogen) atoms. The number of aromatic carboxylic acids is 1. The van der Waals surface area contributed by atoms with Gasteiger partial charge in [0, 0.05) is 47.6 Å². The van der Waals surface area contributed by atoms with Crippen molar-refractivity contribution in [3.05, 3.63) is 93.8 Å². The van der Waals surface area contributed by atoms with Gasteiger partial charge in [0.05, 0.1) is 22.6 Å². The van der Waals surface area contributed by atoms with Crippen LogP contribution in [0.2, 0.25) is 5.02 Å². The lowest BCUT2D eigenvalue weighted by atomic mass is 9.93. The second kappa shape index (κ2) is 11.9. The summed E-state index contributed by atoms with van der Waals surface area (Å²) < 4.78 is 19.8. The van der Waals surface area contributed by atoms with Crippen molar-refractivity contribution in [1.29, 1.82) is 0 Å². The number of carboxylic acid groups (broad SMARTS) is 1. The number of piperidine rings is 1. The molecular formula is C29H32ClFN4O3. The summed E-state index contributed by atoms with van der Waals surface area (Å²) >= 11 is 5.82. The van der Waals surface area contributed by atoms with E-state index in [4.69, 9.17) is 16.3 Å². The lowest BCUT2D eigenvalue weighted by Gasteiger charge is -2.34. The largest absolute Gasteiger partial charge is 0.478 e. The molecule has 1 N–H and O–H groups in total. The molecule has 1 saturated heterocycles. The number of benzene rings is 1. The normalized spacial score (nSPS) is 14.3. The first-order valence-corrected chi connectivity index (χ1v) is 12.9. The monoisotopic (exact) mass is 538 g/mol. The number of hydrogen-bond acceptors (Lipinski definition) is 6. The number of anilines is 1. The molecule has 3 aromatic rings. The van der Waals surface area contributed by atoms with E-state index >= 15 is 0 Å². The Morgan fingerprint density at radius 2 is 1.92 bits per heavy atom. The van der Waals surface area contributed by atoms with Crippen LogP contribution in [0.4, 0.5) is 10.1 Å². The van der Waals surface area contributed by atoms with Crippen molar-refractivity contribution in [1.82, 2.24) is 14.9 Å². The number of halogens is 2. The van der Waals surface area contributed by atoms with E-state index in [0.29, 0.717) is 34.6 Å². The zero-order valence-electron chi connectivity index (χ0n) is 21.9. The number of aromatic nitrogens is 2. The first kappa shape index (κ1) is 27.5. The smallest absolute Gasteiger partial charge is 0.337 e. The van der Waals surface area contributed by atoms with E-state index in [1.54, 1.807) is 31.2 Å². The van der Waals surface area contributed by atoms with Crippen molar-refractivity contribution in [2.24, 2.45) is 0 Å². The highest BCUT2D eigenvalue weighted by molar-refractivity contribution is 6.30. The molecule has 0 bridgehead atoms. The van der Waals surface area contributed by atoms with Crippen LogP contribution in [0.25, 0.3) is 0 Å². The number of hydrogen-bond donors (Lipinski definition) is 1. The van der Waals surface area contributed by atoms with Crippen LogP contribution in [-0.2, 0) is 6.61 Å². The third-order valence-corrected chi connectivity index (χ3v) is 7.23. The summed E-state index contributed by atoms with van der Waals surface area (Å²) in [5, 5.41) is 9.83. The summed E-state index contributed by atoms with van der Waals surface area (Å²) in [5.41, 5.74) is 4.47. The van der Waals surface area contributed by atoms with Gasteiger partial charge in [0.15, 0.2) is 0 Å². The SMILES string of the molecule is C=C(CN1CCC(c2cccc(OCc3ccc(Cl)cc3F)n2)CC1)N(C)c1cc(C(=O)O)c(C)nc1C. The van der Waals surface area contributed by atoms with E-state index < -0.39 is 11.8 Å². The number of nitrogens with zero attached hydrogens (tertiary/aromatic N) is 4. The number of likely N-dealkylation sites (tertiary alicyclic amines) is 1. The minimum atomic E-state index is -0.988. The highest BCUT2D eigenvalue weighted by atomic mass is 35.5. The van der Waals surface area contributed by atoms with Crippen molar-refractivity contribution < 1.29 is 19.0 Å². The summed E-state index contributed by atoms with van der Waals surface area (Å²) in [7, 11) is 1.89. The summed E-state index contributed by atoms with van der Waals surface area (Å²) in [6, 6.07) is 11.9. The fourth-order valence-corrected chi connectivity index (χ4v) is 4.88. The van der Waals surface area contributed by atoms with Crippen LogP contribution in [0.1, 0.15) is 51.8 Å². The van der Waals surface area contributed by atoms with Crippen LogP contribution >= 0.6 is 11.6 Å². The molecule has 1 aliphatic heterocycles. The van der Waals surface area contributed by atoms with Crippen LogP contribution < -0.4 is 9.64 Å². The Kier molecular flexibility index (Phi) is 8.64. The molecule has 1 aromatic carbocycles. The van der Waals surface area contributed by atoms with Crippen LogP contribution in [0.5, 0.6) is 5.88 Å². The summed E-state index contributed by atoms with van der Waals surface area (Å²) in [6.45, 7) is 10.3. The van der Waals surface area contributed by atoms with Gasteiger partial charge in [-0.05, 0) is 64.0 Å². The molecule has 4 rings (SSSR count). The van der Waals surface area contributed by atoms with Gasteiger partial charge in [-0.3, -0.25) is 9.88 Å². The zero-order valence-corrected chi connectivity index (χ0v) is 22.6. The van der Waals surface area contributed by atoms with Crippen molar-refractivity contribution >= 4 is 23.3 Å². The summed E-state index contributed by atoms with van der Waals surface area (Å²) in [4.78, 5) is 24.9. The molecule has 200 valence electrons. The molecule has 1 aliphatic rings. The highest BCUT2D eigenvalue weighted by Crippen LogP contribution is 2.30. The van der Waals surface area contributed by atoms with E-state index in [0.717, 1.165) is 48.7 Å². The van der Waals surface area contributed by atoms with Gasteiger partial charge in [-0.2, -0.15) is 0 Å². The lowest BCUT2D eigenvalue weighted by Crippen LogP contribution is -2.37. The van der Waals surface area contributed by atoms with E-state index in [9.17, 15) is 14.3 Å². The molecule has 0 spiro atoms. The molecule has 0 saturated carbocycles. The third-order valence-electron chi connectivity index (χ3n) is 6.99. The first-order valence-electron chi connectivity index (χ1n) is 12.5. The molecule has 2 aromatic heterocycles. The minimum absolute atomic E-state index is 0.0808. The zero-order chi connectivity index (χ0) is 27.4. The van der Waals surface area contributed by atoms with Gasteiger partial charge in [0.2, 0.25) is 5.88 Å². The number of aryl methyl sites for hydroxylation is 2. The molecule has 9 heteroatoms. The summed E-state index contributed by atoms with van der Waals surface area (Å²) in [5.74, 6) is -0.617. The Bertz CT molecular complexity index is 1340. The predicted molar refractivity (Wildman–Crippen MR) is 147 cm³/mol. The average molecular weight is 539 g/mol. The topological polar surface area (TPSA) is 78.8 Å². The number of carboxylic acids is 1. The fourth-order valence-electron chi connectivity index (χ4n) is 4.72. The second-order valence-electron chi connectivity index (χ2n) is 9.63. The quantitative estimate of drug-likeness (QED) is 0.358. The van der Waals surface area contributed by atoms with E-state index in [2.05, 4.69) is 21.4 Å². The predicted octanol–water partition coefficient (Wildman–Crippen LogP) is 5.99. The van der Waals surface area contributed by atoms with Gasteiger partial charge in [0.25, 0.3) is 0 Å². The molecular weight excluding hydrogens is 507 g/mol. The Labute approximate surface area is 227 Å². The Hall–Kier alpha value is -3.49. The molecule has 0 unspecified atom stereocenters. The number of likely N-dealkylation sites (N-methyl/N-ethyl adjacent to an activating group) is 1. The van der Waals surface area contributed by atoms with E-state index in [1.165, 1.54) is 6.07 Å². The molecule has 1 fully saturated rings. The summed E-state index contributed by atoms with van der Waals surface area (Å²) in [6.07, 6.45) is 1.88. The molecule has 7 nitrogen and oxygen atoms in total. The maximum Gasteiger partial charge on any atom is 0.337 e. The van der Waals surface area contributed by atoms with E-state index in [-0.39, 0.29) is 12.2 Å². The molecule has 3 heterocycles. The molecule has 0 aliphatic carbocycles. The Morgan fingerprint density at radius 3 is 2.61 bits per heavy atom. The Balaban J connectivity index is 1.32. The number of carbonyl (C=O) groups is 1.